The Morgan fingerprint density at radius 1 is 1.35 bits per heavy atom. The van der Waals surface area contributed by atoms with E-state index in [0.29, 0.717) is 5.92 Å². The first-order valence-corrected chi connectivity index (χ1v) is 6.60. The monoisotopic (exact) mass is 299 g/mol. The molecule has 1 atom stereocenters. The average molecular weight is 300 g/mol. The van der Waals surface area contributed by atoms with Crippen LogP contribution in [0.25, 0.3) is 0 Å². The van der Waals surface area contributed by atoms with Crippen LogP contribution < -0.4 is 14.8 Å². The second-order valence-corrected chi connectivity index (χ2v) is 5.14. The summed E-state index contributed by atoms with van der Waals surface area (Å²) in [6.45, 7) is 4.25. The van der Waals surface area contributed by atoms with Crippen molar-refractivity contribution in [1.82, 2.24) is 5.32 Å². The molecule has 17 heavy (non-hydrogen) atoms. The maximum absolute atomic E-state index is 5.43. The molecule has 1 N–H and O–H groups in total. The highest BCUT2D eigenvalue weighted by molar-refractivity contribution is 9.10. The molecule has 1 heterocycles. The third kappa shape index (κ3) is 2.29. The van der Waals surface area contributed by atoms with Crippen LogP contribution in [0.5, 0.6) is 11.5 Å². The molecule has 94 valence electrons. The lowest BCUT2D eigenvalue weighted by Crippen LogP contribution is -2.10. The van der Waals surface area contributed by atoms with Crippen LogP contribution in [0, 0.1) is 6.92 Å². The lowest BCUT2D eigenvalue weighted by molar-refractivity contribution is 0.352. The number of aryl methyl sites for hydroxylation is 1. The lowest BCUT2D eigenvalue weighted by Gasteiger charge is -2.19. The first-order valence-electron chi connectivity index (χ1n) is 5.80. The molecule has 0 radical (unpaired) electrons. The van der Waals surface area contributed by atoms with Crippen molar-refractivity contribution in [3.8, 4) is 11.5 Å². The Kier molecular flexibility index (Phi) is 3.94. The van der Waals surface area contributed by atoms with Crippen LogP contribution >= 0.6 is 15.9 Å². The summed E-state index contributed by atoms with van der Waals surface area (Å²) in [5.74, 6) is 2.13. The number of methoxy groups -OCH3 is 2. The number of benzene rings is 1. The van der Waals surface area contributed by atoms with Crippen LogP contribution in [0.1, 0.15) is 23.5 Å². The Bertz CT molecular complexity index is 414. The van der Waals surface area contributed by atoms with Gasteiger partial charge in [-0.15, -0.1) is 0 Å². The molecular weight excluding hydrogens is 282 g/mol. The zero-order valence-corrected chi connectivity index (χ0v) is 12.1. The van der Waals surface area contributed by atoms with Crippen molar-refractivity contribution in [2.45, 2.75) is 19.3 Å². The maximum Gasteiger partial charge on any atom is 0.175 e. The fourth-order valence-corrected chi connectivity index (χ4v) is 3.48. The van der Waals surface area contributed by atoms with Gasteiger partial charge >= 0.3 is 0 Å². The largest absolute Gasteiger partial charge is 0.493 e. The van der Waals surface area contributed by atoms with Crippen molar-refractivity contribution in [2.24, 2.45) is 0 Å². The van der Waals surface area contributed by atoms with E-state index < -0.39 is 0 Å². The number of halogens is 1. The Labute approximate surface area is 111 Å². The zero-order valence-electron chi connectivity index (χ0n) is 10.5. The molecular formula is C13H18BrNO2. The number of ether oxygens (including phenoxy) is 2. The highest BCUT2D eigenvalue weighted by Gasteiger charge is 2.24. The molecule has 0 amide bonds. The summed E-state index contributed by atoms with van der Waals surface area (Å²) in [4.78, 5) is 0. The lowest BCUT2D eigenvalue weighted by atomic mass is 9.93. The van der Waals surface area contributed by atoms with E-state index in [1.165, 1.54) is 17.5 Å². The summed E-state index contributed by atoms with van der Waals surface area (Å²) in [5, 5.41) is 3.40. The van der Waals surface area contributed by atoms with Crippen molar-refractivity contribution >= 4 is 15.9 Å². The Morgan fingerprint density at radius 3 is 2.65 bits per heavy atom. The first kappa shape index (κ1) is 12.7. The van der Waals surface area contributed by atoms with E-state index in [2.05, 4.69) is 34.2 Å². The summed E-state index contributed by atoms with van der Waals surface area (Å²) in [7, 11) is 3.34. The minimum Gasteiger partial charge on any atom is -0.493 e. The number of nitrogens with one attached hydrogen (secondary N) is 1. The second kappa shape index (κ2) is 5.27. The molecule has 0 saturated carbocycles. The molecule has 1 unspecified atom stereocenters. The molecule has 1 fully saturated rings. The van der Waals surface area contributed by atoms with E-state index in [4.69, 9.17) is 9.47 Å². The maximum atomic E-state index is 5.43. The highest BCUT2D eigenvalue weighted by Crippen LogP contribution is 2.43. The molecule has 0 bridgehead atoms. The van der Waals surface area contributed by atoms with Crippen LogP contribution in [0.3, 0.4) is 0 Å². The van der Waals surface area contributed by atoms with Gasteiger partial charge in [0.2, 0.25) is 0 Å². The van der Waals surface area contributed by atoms with Gasteiger partial charge in [0.05, 0.1) is 18.7 Å². The number of hydrogen-bond acceptors (Lipinski definition) is 3. The number of rotatable bonds is 3. The van der Waals surface area contributed by atoms with E-state index in [1.54, 1.807) is 14.2 Å². The minimum absolute atomic E-state index is 0.559. The van der Waals surface area contributed by atoms with Gasteiger partial charge in [0, 0.05) is 6.54 Å². The van der Waals surface area contributed by atoms with Gasteiger partial charge in [0.15, 0.2) is 11.5 Å². The molecule has 1 aliphatic rings. The third-order valence-corrected chi connectivity index (χ3v) is 4.11. The van der Waals surface area contributed by atoms with Crippen LogP contribution in [0.2, 0.25) is 0 Å². The van der Waals surface area contributed by atoms with Gasteiger partial charge in [-0.25, -0.2) is 0 Å². The van der Waals surface area contributed by atoms with Crippen molar-refractivity contribution in [3.05, 3.63) is 21.7 Å². The molecule has 1 aromatic carbocycles. The Balaban J connectivity index is 2.51. The van der Waals surface area contributed by atoms with E-state index in [0.717, 1.165) is 29.1 Å². The van der Waals surface area contributed by atoms with Gasteiger partial charge in [0.1, 0.15) is 0 Å². The quantitative estimate of drug-likeness (QED) is 0.931. The molecule has 4 heteroatoms. The molecule has 1 aromatic rings. The van der Waals surface area contributed by atoms with E-state index in [-0.39, 0.29) is 0 Å². The minimum atomic E-state index is 0.559. The van der Waals surface area contributed by atoms with Gasteiger partial charge in [0.25, 0.3) is 0 Å². The van der Waals surface area contributed by atoms with E-state index >= 15 is 0 Å². The smallest absolute Gasteiger partial charge is 0.175 e. The molecule has 1 saturated heterocycles. The fraction of sp³-hybridized carbons (Fsp3) is 0.538. The van der Waals surface area contributed by atoms with Crippen LogP contribution in [0.4, 0.5) is 0 Å². The first-order chi connectivity index (χ1) is 8.19. The third-order valence-electron chi connectivity index (χ3n) is 3.32. The Morgan fingerprint density at radius 2 is 2.12 bits per heavy atom. The van der Waals surface area contributed by atoms with Gasteiger partial charge in [-0.1, -0.05) is 0 Å². The van der Waals surface area contributed by atoms with Crippen LogP contribution in [0.15, 0.2) is 10.5 Å². The molecule has 0 spiro atoms. The van der Waals surface area contributed by atoms with E-state index in [1.807, 2.05) is 0 Å². The van der Waals surface area contributed by atoms with Crippen molar-refractivity contribution < 1.29 is 9.47 Å². The van der Waals surface area contributed by atoms with Crippen LogP contribution in [-0.4, -0.2) is 27.3 Å². The van der Waals surface area contributed by atoms with Gasteiger partial charge in [-0.3, -0.25) is 0 Å². The molecule has 0 aliphatic carbocycles. The van der Waals surface area contributed by atoms with Gasteiger partial charge in [-0.05, 0) is 58.9 Å². The predicted octanol–water partition coefficient (Wildman–Crippen LogP) is 2.85. The normalized spacial score (nSPS) is 19.4. The zero-order chi connectivity index (χ0) is 12.4. The molecule has 2 rings (SSSR count). The predicted molar refractivity (Wildman–Crippen MR) is 72.2 cm³/mol. The van der Waals surface area contributed by atoms with Crippen molar-refractivity contribution in [1.29, 1.82) is 0 Å². The molecule has 3 nitrogen and oxygen atoms in total. The number of hydrogen-bond donors (Lipinski definition) is 1. The SMILES string of the molecule is COc1cc(C)c(C2CCNC2)c(Br)c1OC. The molecule has 1 aliphatic heterocycles. The van der Waals surface area contributed by atoms with E-state index in [9.17, 15) is 0 Å². The average Bonchev–Trinajstić information content (AvgIpc) is 2.82. The highest BCUT2D eigenvalue weighted by atomic mass is 79.9. The topological polar surface area (TPSA) is 30.5 Å². The van der Waals surface area contributed by atoms with Crippen molar-refractivity contribution in [3.63, 3.8) is 0 Å². The summed E-state index contributed by atoms with van der Waals surface area (Å²) in [6.07, 6.45) is 1.18. The summed E-state index contributed by atoms with van der Waals surface area (Å²) in [5.41, 5.74) is 2.59. The summed E-state index contributed by atoms with van der Waals surface area (Å²) in [6, 6.07) is 2.05. The van der Waals surface area contributed by atoms with Gasteiger partial charge in [-0.2, -0.15) is 0 Å². The van der Waals surface area contributed by atoms with Gasteiger partial charge < -0.3 is 14.8 Å². The summed E-state index contributed by atoms with van der Waals surface area (Å²) >= 11 is 3.66. The Hall–Kier alpha value is -0.740. The van der Waals surface area contributed by atoms with Crippen molar-refractivity contribution in [2.75, 3.05) is 27.3 Å². The second-order valence-electron chi connectivity index (χ2n) is 4.35. The van der Waals surface area contributed by atoms with Crippen LogP contribution in [-0.2, 0) is 0 Å². The molecule has 0 aromatic heterocycles. The standard InChI is InChI=1S/C13H18BrNO2/c1-8-6-10(16-2)13(17-3)12(14)11(8)9-4-5-15-7-9/h6,9,15H,4-5,7H2,1-3H3. The fourth-order valence-electron chi connectivity index (χ4n) is 2.49. The summed E-state index contributed by atoms with van der Waals surface area (Å²) < 4.78 is 11.8.